The fourth-order valence-corrected chi connectivity index (χ4v) is 1.17. The summed E-state index contributed by atoms with van der Waals surface area (Å²) in [5.41, 5.74) is 1.20. The van der Waals surface area contributed by atoms with E-state index in [0.29, 0.717) is 6.10 Å². The normalized spacial score (nSPS) is 23.9. The van der Waals surface area contributed by atoms with Crippen molar-refractivity contribution in [3.8, 4) is 0 Å². The molecule has 1 aliphatic heterocycles. The van der Waals surface area contributed by atoms with Crippen molar-refractivity contribution >= 4 is 0 Å². The van der Waals surface area contributed by atoms with Crippen LogP contribution in [0, 0.1) is 0 Å². The third-order valence-electron chi connectivity index (χ3n) is 1.90. The molecule has 0 bridgehead atoms. The molecule has 1 rings (SSSR count). The molecule has 1 aliphatic rings. The van der Waals surface area contributed by atoms with E-state index in [4.69, 9.17) is 4.74 Å². The summed E-state index contributed by atoms with van der Waals surface area (Å²) in [4.78, 5) is 0. The minimum Gasteiger partial charge on any atom is -0.377 e. The van der Waals surface area contributed by atoms with E-state index in [-0.39, 0.29) is 0 Å². The fourth-order valence-electron chi connectivity index (χ4n) is 1.17. The maximum Gasteiger partial charge on any atom is 0.0711 e. The molecule has 1 saturated heterocycles. The van der Waals surface area contributed by atoms with E-state index in [0.717, 1.165) is 32.5 Å². The summed E-state index contributed by atoms with van der Waals surface area (Å²) in [6.45, 7) is 8.83. The zero-order valence-corrected chi connectivity index (χ0v) is 7.23. The van der Waals surface area contributed by atoms with E-state index in [1.54, 1.807) is 0 Å². The molecule has 2 nitrogen and oxygen atoms in total. The monoisotopic (exact) mass is 155 g/mol. The van der Waals surface area contributed by atoms with Gasteiger partial charge in [-0.1, -0.05) is 5.57 Å². The van der Waals surface area contributed by atoms with Crippen molar-refractivity contribution in [1.29, 1.82) is 0 Å². The van der Waals surface area contributed by atoms with Crippen molar-refractivity contribution in [2.45, 2.75) is 25.9 Å². The first-order valence-corrected chi connectivity index (χ1v) is 4.26. The first kappa shape index (κ1) is 8.75. The molecule has 0 aromatic carbocycles. The van der Waals surface area contributed by atoms with Gasteiger partial charge in [0.05, 0.1) is 12.7 Å². The largest absolute Gasteiger partial charge is 0.377 e. The highest BCUT2D eigenvalue weighted by molar-refractivity contribution is 4.87. The first-order valence-electron chi connectivity index (χ1n) is 4.26. The highest BCUT2D eigenvalue weighted by atomic mass is 16.5. The van der Waals surface area contributed by atoms with Crippen molar-refractivity contribution < 1.29 is 4.74 Å². The van der Waals surface area contributed by atoms with E-state index < -0.39 is 0 Å². The van der Waals surface area contributed by atoms with Crippen LogP contribution >= 0.6 is 0 Å². The van der Waals surface area contributed by atoms with Gasteiger partial charge in [-0.05, 0) is 26.3 Å². The van der Waals surface area contributed by atoms with E-state index in [1.807, 2.05) is 6.92 Å². The minimum absolute atomic E-state index is 0.453. The number of ether oxygens (including phenoxy) is 1. The van der Waals surface area contributed by atoms with Crippen LogP contribution in [-0.2, 0) is 4.74 Å². The molecule has 0 aromatic heterocycles. The number of rotatable bonds is 4. The van der Waals surface area contributed by atoms with Gasteiger partial charge in [0.1, 0.15) is 0 Å². The lowest BCUT2D eigenvalue weighted by molar-refractivity contribution is 0.0695. The molecule has 0 saturated carbocycles. The molecule has 1 unspecified atom stereocenters. The van der Waals surface area contributed by atoms with Gasteiger partial charge < -0.3 is 10.1 Å². The highest BCUT2D eigenvalue weighted by Crippen LogP contribution is 2.05. The van der Waals surface area contributed by atoms with Crippen LogP contribution in [0.3, 0.4) is 0 Å². The van der Waals surface area contributed by atoms with Crippen LogP contribution in [0.25, 0.3) is 0 Å². The van der Waals surface area contributed by atoms with E-state index in [9.17, 15) is 0 Å². The Hall–Kier alpha value is -0.340. The van der Waals surface area contributed by atoms with Crippen LogP contribution in [0.15, 0.2) is 12.2 Å². The first-order chi connectivity index (χ1) is 5.29. The highest BCUT2D eigenvalue weighted by Gasteiger charge is 2.13. The summed E-state index contributed by atoms with van der Waals surface area (Å²) in [5, 5.41) is 3.26. The minimum atomic E-state index is 0.453. The van der Waals surface area contributed by atoms with Gasteiger partial charge in [-0.25, -0.2) is 0 Å². The Morgan fingerprint density at radius 3 is 3.09 bits per heavy atom. The molecule has 1 N–H and O–H groups in total. The zero-order valence-electron chi connectivity index (χ0n) is 7.23. The van der Waals surface area contributed by atoms with E-state index in [1.165, 1.54) is 5.57 Å². The zero-order chi connectivity index (χ0) is 8.10. The summed E-state index contributed by atoms with van der Waals surface area (Å²) in [6, 6.07) is 0. The fraction of sp³-hybridized carbons (Fsp3) is 0.778. The number of nitrogens with one attached hydrogen (secondary N) is 1. The van der Waals surface area contributed by atoms with Gasteiger partial charge in [0.15, 0.2) is 0 Å². The molecule has 64 valence electrons. The molecule has 0 aliphatic carbocycles. The standard InChI is InChI=1S/C9H17NO/c1-8(2)4-6-11-9-3-5-10-7-9/h9-10H,1,3-7H2,2H3. The van der Waals surface area contributed by atoms with E-state index in [2.05, 4.69) is 11.9 Å². The smallest absolute Gasteiger partial charge is 0.0711 e. The molecular weight excluding hydrogens is 138 g/mol. The average molecular weight is 155 g/mol. The van der Waals surface area contributed by atoms with Crippen LogP contribution < -0.4 is 5.32 Å². The molecule has 0 radical (unpaired) electrons. The van der Waals surface area contributed by atoms with Crippen molar-refractivity contribution in [3.63, 3.8) is 0 Å². The third kappa shape index (κ3) is 3.54. The van der Waals surface area contributed by atoms with Crippen LogP contribution in [0.5, 0.6) is 0 Å². The molecule has 0 amide bonds. The molecule has 1 atom stereocenters. The van der Waals surface area contributed by atoms with Crippen molar-refractivity contribution in [3.05, 3.63) is 12.2 Å². The number of hydrogen-bond acceptors (Lipinski definition) is 2. The second-order valence-electron chi connectivity index (χ2n) is 3.19. The molecule has 0 aromatic rings. The van der Waals surface area contributed by atoms with Gasteiger partial charge >= 0.3 is 0 Å². The Bertz CT molecular complexity index is 128. The lowest BCUT2D eigenvalue weighted by Crippen LogP contribution is -2.17. The third-order valence-corrected chi connectivity index (χ3v) is 1.90. The molecule has 1 heterocycles. The quantitative estimate of drug-likeness (QED) is 0.618. The van der Waals surface area contributed by atoms with Gasteiger partial charge in [0, 0.05) is 6.54 Å². The second-order valence-corrected chi connectivity index (χ2v) is 3.19. The summed E-state index contributed by atoms with van der Waals surface area (Å²) in [6.07, 6.45) is 2.61. The Labute approximate surface area is 68.6 Å². The van der Waals surface area contributed by atoms with Crippen LogP contribution in [0.2, 0.25) is 0 Å². The Kier molecular flexibility index (Phi) is 3.60. The lowest BCUT2D eigenvalue weighted by Gasteiger charge is -2.09. The van der Waals surface area contributed by atoms with Gasteiger partial charge in [-0.15, -0.1) is 6.58 Å². The van der Waals surface area contributed by atoms with Crippen molar-refractivity contribution in [1.82, 2.24) is 5.32 Å². The van der Waals surface area contributed by atoms with Crippen LogP contribution in [0.4, 0.5) is 0 Å². The molecule has 2 heteroatoms. The predicted octanol–water partition coefficient (Wildman–Crippen LogP) is 1.33. The van der Waals surface area contributed by atoms with Gasteiger partial charge in [0.2, 0.25) is 0 Å². The van der Waals surface area contributed by atoms with Gasteiger partial charge in [0.25, 0.3) is 0 Å². The Morgan fingerprint density at radius 2 is 2.55 bits per heavy atom. The summed E-state index contributed by atoms with van der Waals surface area (Å²) in [7, 11) is 0. The maximum absolute atomic E-state index is 5.59. The topological polar surface area (TPSA) is 21.3 Å². The molecular formula is C9H17NO. The average Bonchev–Trinajstić information content (AvgIpc) is 2.39. The molecule has 0 spiro atoms. The van der Waals surface area contributed by atoms with Crippen LogP contribution in [0.1, 0.15) is 19.8 Å². The predicted molar refractivity (Wildman–Crippen MR) is 46.7 cm³/mol. The van der Waals surface area contributed by atoms with Crippen LogP contribution in [-0.4, -0.2) is 25.8 Å². The SMILES string of the molecule is C=C(C)CCOC1CCNC1. The summed E-state index contributed by atoms with van der Waals surface area (Å²) in [5.74, 6) is 0. The molecule has 11 heavy (non-hydrogen) atoms. The Morgan fingerprint density at radius 1 is 1.73 bits per heavy atom. The maximum atomic E-state index is 5.59. The Balaban J connectivity index is 1.98. The van der Waals surface area contributed by atoms with E-state index >= 15 is 0 Å². The van der Waals surface area contributed by atoms with Gasteiger partial charge in [-0.2, -0.15) is 0 Å². The lowest BCUT2D eigenvalue weighted by atomic mass is 10.2. The van der Waals surface area contributed by atoms with Gasteiger partial charge in [-0.3, -0.25) is 0 Å². The molecule has 1 fully saturated rings. The summed E-state index contributed by atoms with van der Waals surface area (Å²) < 4.78 is 5.59. The number of hydrogen-bond donors (Lipinski definition) is 1. The second kappa shape index (κ2) is 4.52. The summed E-state index contributed by atoms with van der Waals surface area (Å²) >= 11 is 0. The van der Waals surface area contributed by atoms with Crippen molar-refractivity contribution in [2.75, 3.05) is 19.7 Å². The van der Waals surface area contributed by atoms with Crippen molar-refractivity contribution in [2.24, 2.45) is 0 Å².